The van der Waals surface area contributed by atoms with Crippen molar-refractivity contribution in [2.45, 2.75) is 19.5 Å². The van der Waals surface area contributed by atoms with E-state index in [-0.39, 0.29) is 24.1 Å². The van der Waals surface area contributed by atoms with Crippen LogP contribution >= 0.6 is 23.7 Å². The SMILES string of the molecule is CNCC1CCN(C(=O)c2ccc(-c3ccc(OC(F)F)cc3)s2)CC1.Cl. The molecule has 3 rings (SSSR count). The van der Waals surface area contributed by atoms with Gasteiger partial charge in [-0.05, 0) is 74.3 Å². The molecule has 2 heterocycles. The zero-order valence-electron chi connectivity index (χ0n) is 15.0. The smallest absolute Gasteiger partial charge is 0.387 e. The number of thiophene rings is 1. The number of hydrogen-bond donors (Lipinski definition) is 1. The van der Waals surface area contributed by atoms with Gasteiger partial charge in [0.2, 0.25) is 0 Å². The maximum atomic E-state index is 12.7. The molecule has 148 valence electrons. The molecule has 0 aliphatic carbocycles. The predicted molar refractivity (Wildman–Crippen MR) is 106 cm³/mol. The first-order valence-electron chi connectivity index (χ1n) is 8.66. The second-order valence-electron chi connectivity index (χ2n) is 6.36. The van der Waals surface area contributed by atoms with Crippen molar-refractivity contribution in [3.63, 3.8) is 0 Å². The number of carbonyl (C=O) groups excluding carboxylic acids is 1. The Morgan fingerprint density at radius 3 is 2.48 bits per heavy atom. The summed E-state index contributed by atoms with van der Waals surface area (Å²) in [6.45, 7) is -0.254. The number of benzene rings is 1. The van der Waals surface area contributed by atoms with E-state index in [1.54, 1.807) is 12.1 Å². The van der Waals surface area contributed by atoms with E-state index in [0.29, 0.717) is 10.8 Å². The third-order valence-corrected chi connectivity index (χ3v) is 5.70. The van der Waals surface area contributed by atoms with Gasteiger partial charge in [0.15, 0.2) is 0 Å². The van der Waals surface area contributed by atoms with Crippen LogP contribution < -0.4 is 10.1 Å². The summed E-state index contributed by atoms with van der Waals surface area (Å²) in [5, 5.41) is 3.20. The Morgan fingerprint density at radius 1 is 1.22 bits per heavy atom. The third kappa shape index (κ3) is 5.64. The van der Waals surface area contributed by atoms with Crippen LogP contribution in [0.25, 0.3) is 10.4 Å². The molecule has 1 saturated heterocycles. The van der Waals surface area contributed by atoms with Crippen LogP contribution in [0.15, 0.2) is 36.4 Å². The number of hydrogen-bond acceptors (Lipinski definition) is 4. The number of nitrogens with one attached hydrogen (secondary N) is 1. The molecular weight excluding hydrogens is 394 g/mol. The molecule has 2 aromatic rings. The fourth-order valence-electron chi connectivity index (χ4n) is 3.19. The molecule has 27 heavy (non-hydrogen) atoms. The van der Waals surface area contributed by atoms with Gasteiger partial charge < -0.3 is 15.0 Å². The quantitative estimate of drug-likeness (QED) is 0.753. The number of halogens is 3. The van der Waals surface area contributed by atoms with Crippen molar-refractivity contribution in [3.05, 3.63) is 41.3 Å². The lowest BCUT2D eigenvalue weighted by Crippen LogP contribution is -2.40. The number of carbonyl (C=O) groups is 1. The van der Waals surface area contributed by atoms with E-state index >= 15 is 0 Å². The van der Waals surface area contributed by atoms with E-state index in [0.717, 1.165) is 42.9 Å². The Hall–Kier alpha value is -1.70. The summed E-state index contributed by atoms with van der Waals surface area (Å²) in [5.74, 6) is 0.833. The number of piperidine rings is 1. The molecule has 0 unspecified atom stereocenters. The lowest BCUT2D eigenvalue weighted by molar-refractivity contribution is -0.0498. The number of alkyl halides is 2. The van der Waals surface area contributed by atoms with Crippen molar-refractivity contribution in [3.8, 4) is 16.2 Å². The summed E-state index contributed by atoms with van der Waals surface area (Å²) < 4.78 is 28.8. The molecule has 1 fully saturated rings. The third-order valence-electron chi connectivity index (χ3n) is 4.58. The molecule has 0 spiro atoms. The lowest BCUT2D eigenvalue weighted by atomic mass is 9.97. The van der Waals surface area contributed by atoms with Gasteiger partial charge in [0.25, 0.3) is 5.91 Å². The lowest BCUT2D eigenvalue weighted by Gasteiger charge is -2.31. The molecular formula is C19H23ClF2N2O2S. The van der Waals surface area contributed by atoms with Gasteiger partial charge in [-0.1, -0.05) is 0 Å². The van der Waals surface area contributed by atoms with Gasteiger partial charge in [0.05, 0.1) is 4.88 Å². The topological polar surface area (TPSA) is 41.6 Å². The molecule has 1 aromatic heterocycles. The Morgan fingerprint density at radius 2 is 1.89 bits per heavy atom. The normalized spacial score (nSPS) is 14.9. The van der Waals surface area contributed by atoms with E-state index in [1.165, 1.54) is 23.5 Å². The van der Waals surface area contributed by atoms with Crippen molar-refractivity contribution < 1.29 is 18.3 Å². The van der Waals surface area contributed by atoms with Crippen LogP contribution in [0.4, 0.5) is 8.78 Å². The molecule has 1 amide bonds. The Labute approximate surface area is 167 Å². The molecule has 1 N–H and O–H groups in total. The highest BCUT2D eigenvalue weighted by Crippen LogP contribution is 2.31. The van der Waals surface area contributed by atoms with E-state index < -0.39 is 6.61 Å². The summed E-state index contributed by atoms with van der Waals surface area (Å²) >= 11 is 1.43. The van der Waals surface area contributed by atoms with E-state index in [9.17, 15) is 13.6 Å². The first-order chi connectivity index (χ1) is 12.6. The minimum Gasteiger partial charge on any atom is -0.435 e. The average molecular weight is 417 g/mol. The summed E-state index contributed by atoms with van der Waals surface area (Å²) in [6.07, 6.45) is 2.05. The number of nitrogens with zero attached hydrogens (tertiary/aromatic N) is 1. The average Bonchev–Trinajstić information content (AvgIpc) is 3.12. The van der Waals surface area contributed by atoms with Crippen molar-refractivity contribution in [1.29, 1.82) is 0 Å². The molecule has 0 bridgehead atoms. The zero-order chi connectivity index (χ0) is 18.5. The summed E-state index contributed by atoms with van der Waals surface area (Å²) in [5.41, 5.74) is 0.878. The minimum atomic E-state index is -2.83. The first kappa shape index (κ1) is 21.6. The largest absolute Gasteiger partial charge is 0.435 e. The van der Waals surface area contributed by atoms with Crippen molar-refractivity contribution in [1.82, 2.24) is 10.2 Å². The summed E-state index contributed by atoms with van der Waals surface area (Å²) in [4.78, 5) is 16.3. The van der Waals surface area contributed by atoms with Gasteiger partial charge in [-0.25, -0.2) is 0 Å². The summed E-state index contributed by atoms with van der Waals surface area (Å²) in [6, 6.07) is 10.2. The van der Waals surface area contributed by atoms with Gasteiger partial charge in [-0.2, -0.15) is 8.78 Å². The Balaban J connectivity index is 0.00000261. The number of rotatable bonds is 6. The number of likely N-dealkylation sites (tertiary alicyclic amines) is 1. The fraction of sp³-hybridized carbons (Fsp3) is 0.421. The van der Waals surface area contributed by atoms with Gasteiger partial charge in [-0.15, -0.1) is 23.7 Å². The molecule has 4 nitrogen and oxygen atoms in total. The second-order valence-corrected chi connectivity index (χ2v) is 7.44. The van der Waals surface area contributed by atoms with E-state index in [2.05, 4.69) is 10.1 Å². The molecule has 1 aliphatic heterocycles. The molecule has 8 heteroatoms. The number of ether oxygens (including phenoxy) is 1. The van der Waals surface area contributed by atoms with E-state index in [4.69, 9.17) is 0 Å². The first-order valence-corrected chi connectivity index (χ1v) is 9.47. The van der Waals surface area contributed by atoms with Crippen LogP contribution in [0, 0.1) is 5.92 Å². The standard InChI is InChI=1S/C19H22F2N2O2S.ClH/c1-22-12-13-8-10-23(11-9-13)18(24)17-7-6-16(26-17)14-2-4-15(5-3-14)25-19(20)21;/h2-7,13,19,22H,8-12H2,1H3;1H. The maximum Gasteiger partial charge on any atom is 0.387 e. The molecule has 0 atom stereocenters. The zero-order valence-corrected chi connectivity index (χ0v) is 16.6. The van der Waals surface area contributed by atoms with Crippen molar-refractivity contribution in [2.24, 2.45) is 5.92 Å². The minimum absolute atomic E-state index is 0. The second kappa shape index (κ2) is 10.0. The molecule has 1 aromatic carbocycles. The predicted octanol–water partition coefficient (Wildman–Crippen LogP) is 4.51. The van der Waals surface area contributed by atoms with Crippen LogP contribution in [0.5, 0.6) is 5.75 Å². The van der Waals surface area contributed by atoms with Gasteiger partial charge in [-0.3, -0.25) is 4.79 Å². The molecule has 1 aliphatic rings. The van der Waals surface area contributed by atoms with Crippen LogP contribution in [0.3, 0.4) is 0 Å². The van der Waals surface area contributed by atoms with Crippen molar-refractivity contribution >= 4 is 29.7 Å². The monoisotopic (exact) mass is 416 g/mol. The summed E-state index contributed by atoms with van der Waals surface area (Å²) in [7, 11) is 1.96. The highest BCUT2D eigenvalue weighted by Gasteiger charge is 2.24. The van der Waals surface area contributed by atoms with Gasteiger partial charge in [0, 0.05) is 18.0 Å². The van der Waals surface area contributed by atoms with Crippen LogP contribution in [-0.4, -0.2) is 44.1 Å². The van der Waals surface area contributed by atoms with Crippen LogP contribution in [-0.2, 0) is 0 Å². The van der Waals surface area contributed by atoms with Gasteiger partial charge in [0.1, 0.15) is 5.75 Å². The molecule has 0 radical (unpaired) electrons. The van der Waals surface area contributed by atoms with E-state index in [1.807, 2.05) is 24.1 Å². The van der Waals surface area contributed by atoms with Gasteiger partial charge >= 0.3 is 6.61 Å². The fourth-order valence-corrected chi connectivity index (χ4v) is 4.17. The van der Waals surface area contributed by atoms with Crippen molar-refractivity contribution in [2.75, 3.05) is 26.7 Å². The Bertz CT molecular complexity index is 732. The maximum absolute atomic E-state index is 12.7. The molecule has 0 saturated carbocycles. The highest BCUT2D eigenvalue weighted by atomic mass is 35.5. The Kier molecular flexibility index (Phi) is 8.01. The number of amides is 1. The van der Waals surface area contributed by atoms with Crippen LogP contribution in [0.2, 0.25) is 0 Å². The highest BCUT2D eigenvalue weighted by molar-refractivity contribution is 7.17. The van der Waals surface area contributed by atoms with Crippen LogP contribution in [0.1, 0.15) is 22.5 Å².